The van der Waals surface area contributed by atoms with Crippen LogP contribution in [0.4, 0.5) is 17.3 Å². The van der Waals surface area contributed by atoms with Gasteiger partial charge in [0.25, 0.3) is 5.91 Å². The maximum absolute atomic E-state index is 12.2. The van der Waals surface area contributed by atoms with Crippen LogP contribution in [0.1, 0.15) is 47.3 Å². The molecule has 7 nitrogen and oxygen atoms in total. The van der Waals surface area contributed by atoms with Crippen molar-refractivity contribution in [2.75, 3.05) is 24.7 Å². The van der Waals surface area contributed by atoms with Crippen LogP contribution in [0.15, 0.2) is 34.7 Å². The summed E-state index contributed by atoms with van der Waals surface area (Å²) in [6, 6.07) is 9.38. The Labute approximate surface area is 175 Å². The maximum Gasteiger partial charge on any atom is 0.253 e. The van der Waals surface area contributed by atoms with E-state index in [4.69, 9.17) is 4.42 Å². The highest BCUT2D eigenvalue weighted by molar-refractivity contribution is 6.99. The van der Waals surface area contributed by atoms with Crippen LogP contribution in [-0.4, -0.2) is 33.6 Å². The van der Waals surface area contributed by atoms with Crippen LogP contribution in [0, 0.1) is 19.8 Å². The van der Waals surface area contributed by atoms with Crippen molar-refractivity contribution in [1.29, 1.82) is 0 Å². The van der Waals surface area contributed by atoms with Crippen molar-refractivity contribution in [3.8, 4) is 0 Å². The number of carbonyl (C=O) groups excluding carboxylic acids is 1. The highest BCUT2D eigenvalue weighted by Crippen LogP contribution is 2.32. The predicted octanol–water partition coefficient (Wildman–Crippen LogP) is 5.00. The minimum Gasteiger partial charge on any atom is -0.464 e. The topological polar surface area (TPSA) is 83.3 Å². The third kappa shape index (κ3) is 4.76. The van der Waals surface area contributed by atoms with Crippen LogP contribution in [0.3, 0.4) is 0 Å². The van der Waals surface area contributed by atoms with E-state index in [1.807, 2.05) is 32.0 Å². The maximum atomic E-state index is 12.2. The first-order valence-electron chi connectivity index (χ1n) is 9.51. The van der Waals surface area contributed by atoms with Gasteiger partial charge in [0, 0.05) is 25.3 Å². The van der Waals surface area contributed by atoms with E-state index >= 15 is 0 Å². The molecule has 0 aliphatic carbocycles. The average molecular weight is 414 g/mol. The van der Waals surface area contributed by atoms with Crippen molar-refractivity contribution in [2.24, 2.45) is 5.92 Å². The molecular weight excluding hydrogens is 386 g/mol. The van der Waals surface area contributed by atoms with E-state index < -0.39 is 0 Å². The Morgan fingerprint density at radius 2 is 1.86 bits per heavy atom. The van der Waals surface area contributed by atoms with Crippen LogP contribution in [-0.2, 0) is 0 Å². The molecule has 0 spiro atoms. The number of aromatic nitrogens is 2. The van der Waals surface area contributed by atoms with Crippen molar-refractivity contribution in [1.82, 2.24) is 13.6 Å². The number of benzene rings is 1. The molecule has 2 aromatic heterocycles. The molecule has 29 heavy (non-hydrogen) atoms. The molecule has 0 radical (unpaired) electrons. The number of amides is 1. The number of carbonyl (C=O) groups is 1. The molecule has 3 rings (SSSR count). The Kier molecular flexibility index (Phi) is 6.22. The second kappa shape index (κ2) is 8.65. The first-order chi connectivity index (χ1) is 13.8. The van der Waals surface area contributed by atoms with Crippen LogP contribution in [0.5, 0.6) is 0 Å². The van der Waals surface area contributed by atoms with Gasteiger partial charge in [-0.05, 0) is 49.6 Å². The summed E-state index contributed by atoms with van der Waals surface area (Å²) < 4.78 is 14.7. The van der Waals surface area contributed by atoms with E-state index in [9.17, 15) is 4.79 Å². The molecule has 0 aliphatic heterocycles. The van der Waals surface area contributed by atoms with Crippen molar-refractivity contribution < 1.29 is 9.21 Å². The Morgan fingerprint density at radius 3 is 2.48 bits per heavy atom. The largest absolute Gasteiger partial charge is 0.464 e. The summed E-state index contributed by atoms with van der Waals surface area (Å²) >= 11 is 1.13. The molecule has 1 amide bonds. The molecule has 3 aromatic rings. The fourth-order valence-corrected chi connectivity index (χ4v) is 3.43. The minimum atomic E-state index is -0.0492. The fourth-order valence-electron chi connectivity index (χ4n) is 2.96. The zero-order valence-electron chi connectivity index (χ0n) is 17.6. The summed E-state index contributed by atoms with van der Waals surface area (Å²) in [7, 11) is 3.47. The number of hydrogen-bond donors (Lipinski definition) is 2. The lowest BCUT2D eigenvalue weighted by Gasteiger charge is -2.20. The van der Waals surface area contributed by atoms with Gasteiger partial charge in [0.15, 0.2) is 11.6 Å². The lowest BCUT2D eigenvalue weighted by molar-refractivity contribution is 0.0827. The van der Waals surface area contributed by atoms with Crippen molar-refractivity contribution in [3.05, 3.63) is 53.0 Å². The summed E-state index contributed by atoms with van der Waals surface area (Å²) in [6.07, 6.45) is 0. The number of anilines is 3. The van der Waals surface area contributed by atoms with Gasteiger partial charge < -0.3 is 20.0 Å². The van der Waals surface area contributed by atoms with Crippen LogP contribution in [0.25, 0.3) is 0 Å². The molecule has 1 atom stereocenters. The average Bonchev–Trinajstić information content (AvgIpc) is 3.24. The van der Waals surface area contributed by atoms with Gasteiger partial charge in [0.2, 0.25) is 0 Å². The number of aryl methyl sites for hydroxylation is 2. The number of rotatable bonds is 7. The lowest BCUT2D eigenvalue weighted by Crippen LogP contribution is -2.21. The first-order valence-corrected chi connectivity index (χ1v) is 10.2. The second-order valence-electron chi connectivity index (χ2n) is 7.62. The van der Waals surface area contributed by atoms with Gasteiger partial charge in [-0.15, -0.1) is 0 Å². The number of furan rings is 1. The van der Waals surface area contributed by atoms with Gasteiger partial charge >= 0.3 is 0 Å². The van der Waals surface area contributed by atoms with E-state index in [2.05, 4.69) is 39.3 Å². The van der Waals surface area contributed by atoms with Crippen molar-refractivity contribution in [2.45, 2.75) is 33.7 Å². The second-order valence-corrected chi connectivity index (χ2v) is 8.15. The van der Waals surface area contributed by atoms with Crippen molar-refractivity contribution in [3.63, 3.8) is 0 Å². The Balaban J connectivity index is 1.82. The van der Waals surface area contributed by atoms with Crippen LogP contribution >= 0.6 is 11.7 Å². The van der Waals surface area contributed by atoms with E-state index in [0.29, 0.717) is 17.2 Å². The predicted molar refractivity (Wildman–Crippen MR) is 117 cm³/mol. The minimum absolute atomic E-state index is 0.0338. The Hall–Kier alpha value is -2.87. The molecular formula is C21H27N5O2S. The highest BCUT2D eigenvalue weighted by Gasteiger charge is 2.23. The third-order valence-corrected chi connectivity index (χ3v) is 5.25. The normalized spacial score (nSPS) is 12.1. The van der Waals surface area contributed by atoms with Gasteiger partial charge in [-0.1, -0.05) is 19.9 Å². The molecule has 0 bridgehead atoms. The van der Waals surface area contributed by atoms with Gasteiger partial charge in [0.1, 0.15) is 11.5 Å². The number of hydrogen-bond acceptors (Lipinski definition) is 7. The zero-order chi connectivity index (χ0) is 21.1. The molecule has 154 valence electrons. The molecule has 8 heteroatoms. The van der Waals surface area contributed by atoms with Gasteiger partial charge in [0.05, 0.1) is 17.8 Å². The molecule has 0 aliphatic rings. The van der Waals surface area contributed by atoms with E-state index in [1.54, 1.807) is 25.1 Å². The molecule has 0 fully saturated rings. The van der Waals surface area contributed by atoms with Gasteiger partial charge in [-0.3, -0.25) is 4.79 Å². The molecule has 0 saturated heterocycles. The Bertz CT molecular complexity index is 973. The first kappa shape index (κ1) is 20.9. The summed E-state index contributed by atoms with van der Waals surface area (Å²) in [5.41, 5.74) is 2.52. The fraction of sp³-hybridized carbons (Fsp3) is 0.381. The number of nitrogens with one attached hydrogen (secondary N) is 2. The quantitative estimate of drug-likeness (QED) is 0.567. The smallest absolute Gasteiger partial charge is 0.253 e. The standard InChI is InChI=1S/C21H27N5O2S/c1-12(2)18(17-10-13(3)14(4)28-17)23-20-19(24-29-25-20)22-16-9-7-8-15(11-16)21(27)26(5)6/h7-12,18H,1-6H3,(H,22,24)(H,23,25). The van der Waals surface area contributed by atoms with E-state index in [-0.39, 0.29) is 17.9 Å². The van der Waals surface area contributed by atoms with Crippen LogP contribution < -0.4 is 10.6 Å². The van der Waals surface area contributed by atoms with E-state index in [1.165, 1.54) is 0 Å². The number of nitrogens with zero attached hydrogens (tertiary/aromatic N) is 3. The Morgan fingerprint density at radius 1 is 1.14 bits per heavy atom. The summed E-state index contributed by atoms with van der Waals surface area (Å²) in [5, 5.41) is 6.74. The zero-order valence-corrected chi connectivity index (χ0v) is 18.4. The molecule has 1 unspecified atom stereocenters. The molecule has 1 aromatic carbocycles. The van der Waals surface area contributed by atoms with Crippen molar-refractivity contribution >= 4 is 35.0 Å². The molecule has 2 N–H and O–H groups in total. The molecule has 0 saturated carbocycles. The highest BCUT2D eigenvalue weighted by atomic mass is 32.1. The van der Waals surface area contributed by atoms with Gasteiger partial charge in [-0.25, -0.2) is 0 Å². The van der Waals surface area contributed by atoms with E-state index in [0.717, 1.165) is 34.5 Å². The van der Waals surface area contributed by atoms with Crippen LogP contribution in [0.2, 0.25) is 0 Å². The monoisotopic (exact) mass is 413 g/mol. The lowest BCUT2D eigenvalue weighted by atomic mass is 10.0. The summed E-state index contributed by atoms with van der Waals surface area (Å²) in [5.74, 6) is 3.32. The van der Waals surface area contributed by atoms with Gasteiger partial charge in [-0.2, -0.15) is 8.75 Å². The SMILES string of the molecule is Cc1cc(C(Nc2nsnc2Nc2cccc(C(=O)N(C)C)c2)C(C)C)oc1C. The molecule has 2 heterocycles. The summed E-state index contributed by atoms with van der Waals surface area (Å²) in [6.45, 7) is 8.27. The summed E-state index contributed by atoms with van der Waals surface area (Å²) in [4.78, 5) is 13.8. The third-order valence-electron chi connectivity index (χ3n) is 4.72.